The number of morpholine rings is 1. The predicted molar refractivity (Wildman–Crippen MR) is 108 cm³/mol. The number of benzene rings is 2. The predicted octanol–water partition coefficient (Wildman–Crippen LogP) is 2.25. The lowest BCUT2D eigenvalue weighted by Gasteiger charge is -2.38. The lowest BCUT2D eigenvalue weighted by atomic mass is 10.1. The second-order valence-corrected chi connectivity index (χ2v) is 7.21. The number of hydrogen-bond donors (Lipinski definition) is 0. The van der Waals surface area contributed by atoms with Crippen molar-refractivity contribution in [3.8, 4) is 0 Å². The summed E-state index contributed by atoms with van der Waals surface area (Å²) in [7, 11) is 0. The minimum atomic E-state index is -0.409. The Balaban J connectivity index is 1.45. The van der Waals surface area contributed by atoms with E-state index in [4.69, 9.17) is 4.74 Å². The fraction of sp³-hybridized carbons (Fsp3) is 0.368. The van der Waals surface area contributed by atoms with Crippen LogP contribution >= 0.6 is 0 Å². The molecule has 2 atom stereocenters. The maximum atomic E-state index is 11.0. The van der Waals surface area contributed by atoms with Gasteiger partial charge in [-0.3, -0.25) is 15.0 Å². The largest absolute Gasteiger partial charge is 0.379 e. The molecule has 1 fully saturated rings. The molecule has 0 spiro atoms. The van der Waals surface area contributed by atoms with E-state index in [0.29, 0.717) is 19.8 Å². The van der Waals surface area contributed by atoms with Gasteiger partial charge in [-0.15, -0.1) is 5.10 Å². The number of rotatable bonds is 5. The van der Waals surface area contributed by atoms with Crippen molar-refractivity contribution in [2.24, 2.45) is 10.3 Å². The molecular weight excluding hydrogens is 388 g/mol. The van der Waals surface area contributed by atoms with Crippen molar-refractivity contribution in [3.05, 3.63) is 58.6 Å². The number of para-hydroxylation sites is 1. The number of nitro groups is 1. The zero-order valence-corrected chi connectivity index (χ0v) is 16.1. The van der Waals surface area contributed by atoms with Crippen molar-refractivity contribution < 1.29 is 9.66 Å². The van der Waals surface area contributed by atoms with E-state index in [9.17, 15) is 10.1 Å². The number of hydrogen-bond acceptors (Lipinski definition) is 9. The first-order valence-corrected chi connectivity index (χ1v) is 9.75. The summed E-state index contributed by atoms with van der Waals surface area (Å²) in [5.41, 5.74) is 2.58. The molecule has 154 valence electrons. The molecule has 5 rings (SSSR count). The van der Waals surface area contributed by atoms with E-state index in [1.54, 1.807) is 12.1 Å². The van der Waals surface area contributed by atoms with Gasteiger partial charge in [-0.25, -0.2) is 9.69 Å². The highest BCUT2D eigenvalue weighted by Crippen LogP contribution is 2.31. The minimum absolute atomic E-state index is 0.0449. The van der Waals surface area contributed by atoms with Crippen LogP contribution in [0.4, 0.5) is 11.4 Å². The molecule has 30 heavy (non-hydrogen) atoms. The number of non-ortho nitro benzene ring substituents is 1. The van der Waals surface area contributed by atoms with Crippen LogP contribution in [0.15, 0.2) is 58.9 Å². The molecule has 0 saturated carbocycles. The Morgan fingerprint density at radius 2 is 1.87 bits per heavy atom. The SMILES string of the molecule is O=[N+]([O-])c1ccc(N2N=N[C@H](Cn3nnc4ccccc43)[C@H]2N2CCOCC2)cc1. The average molecular weight is 408 g/mol. The van der Waals surface area contributed by atoms with Crippen molar-refractivity contribution in [1.82, 2.24) is 19.9 Å². The molecule has 0 radical (unpaired) electrons. The third kappa shape index (κ3) is 3.37. The van der Waals surface area contributed by atoms with Gasteiger partial charge in [0.15, 0.2) is 0 Å². The summed E-state index contributed by atoms with van der Waals surface area (Å²) in [6, 6.07) is 14.0. The zero-order chi connectivity index (χ0) is 20.5. The van der Waals surface area contributed by atoms with Crippen LogP contribution in [0.25, 0.3) is 11.0 Å². The first-order valence-electron chi connectivity index (χ1n) is 9.75. The zero-order valence-electron chi connectivity index (χ0n) is 16.1. The van der Waals surface area contributed by atoms with Crippen LogP contribution in [-0.4, -0.2) is 63.3 Å². The van der Waals surface area contributed by atoms with E-state index in [1.807, 2.05) is 34.0 Å². The number of anilines is 1. The first kappa shape index (κ1) is 18.6. The molecular formula is C19H20N8O3. The lowest BCUT2D eigenvalue weighted by Crippen LogP contribution is -2.54. The molecule has 0 bridgehead atoms. The van der Waals surface area contributed by atoms with Crippen LogP contribution in [0.5, 0.6) is 0 Å². The Bertz CT molecular complexity index is 1080. The third-order valence-electron chi connectivity index (χ3n) is 5.42. The summed E-state index contributed by atoms with van der Waals surface area (Å²) in [5, 5.41) is 30.3. The van der Waals surface area contributed by atoms with Crippen LogP contribution in [0.2, 0.25) is 0 Å². The fourth-order valence-electron chi connectivity index (χ4n) is 3.93. The van der Waals surface area contributed by atoms with Crippen molar-refractivity contribution >= 4 is 22.4 Å². The number of fused-ring (bicyclic) bond motifs is 1. The summed E-state index contributed by atoms with van der Waals surface area (Å²) in [6.45, 7) is 3.32. The number of nitrogens with zero attached hydrogens (tertiary/aromatic N) is 8. The van der Waals surface area contributed by atoms with Gasteiger partial charge in [-0.1, -0.05) is 22.6 Å². The van der Waals surface area contributed by atoms with Crippen LogP contribution < -0.4 is 5.01 Å². The summed E-state index contributed by atoms with van der Waals surface area (Å²) >= 11 is 0. The average Bonchev–Trinajstić information content (AvgIpc) is 3.39. The molecule has 11 nitrogen and oxygen atoms in total. The molecule has 3 aromatic rings. The number of nitro benzene ring substituents is 1. The summed E-state index contributed by atoms with van der Waals surface area (Å²) in [6.07, 6.45) is -0.140. The standard InChI is InChI=1S/C19H20N8O3/c28-27(29)15-7-5-14(6-8-15)26-19(24-9-11-30-12-10-24)17(21-23-26)13-25-18-4-2-1-3-16(18)20-22-25/h1-8,17,19H,9-13H2/t17-,19+/m1/s1. The summed E-state index contributed by atoms with van der Waals surface area (Å²) in [4.78, 5) is 12.9. The van der Waals surface area contributed by atoms with Gasteiger partial charge in [0.25, 0.3) is 5.69 Å². The maximum Gasteiger partial charge on any atom is 0.269 e. The van der Waals surface area contributed by atoms with Gasteiger partial charge < -0.3 is 4.74 Å². The van der Waals surface area contributed by atoms with Gasteiger partial charge in [0.1, 0.15) is 17.7 Å². The molecule has 2 aliphatic heterocycles. The fourth-order valence-corrected chi connectivity index (χ4v) is 3.93. The van der Waals surface area contributed by atoms with Crippen molar-refractivity contribution in [1.29, 1.82) is 0 Å². The highest BCUT2D eigenvalue weighted by molar-refractivity contribution is 5.73. The van der Waals surface area contributed by atoms with E-state index in [2.05, 4.69) is 25.5 Å². The second kappa shape index (κ2) is 7.76. The summed E-state index contributed by atoms with van der Waals surface area (Å²) < 4.78 is 7.37. The molecule has 1 aromatic heterocycles. The Labute approximate surface area is 171 Å². The Morgan fingerprint density at radius 1 is 1.10 bits per heavy atom. The molecule has 2 aromatic carbocycles. The van der Waals surface area contributed by atoms with E-state index >= 15 is 0 Å². The molecule has 0 N–H and O–H groups in total. The normalized spacial score (nSPS) is 22.1. The minimum Gasteiger partial charge on any atom is -0.379 e. The summed E-state index contributed by atoms with van der Waals surface area (Å²) in [5.74, 6) is 0. The van der Waals surface area contributed by atoms with Gasteiger partial charge in [0.05, 0.1) is 35.9 Å². The molecule has 2 aliphatic rings. The maximum absolute atomic E-state index is 11.0. The van der Waals surface area contributed by atoms with E-state index < -0.39 is 4.92 Å². The van der Waals surface area contributed by atoms with E-state index in [-0.39, 0.29) is 17.9 Å². The van der Waals surface area contributed by atoms with Gasteiger partial charge in [0.2, 0.25) is 0 Å². The van der Waals surface area contributed by atoms with E-state index in [0.717, 1.165) is 29.8 Å². The third-order valence-corrected chi connectivity index (χ3v) is 5.42. The number of aromatic nitrogens is 3. The topological polar surface area (TPSA) is 114 Å². The highest BCUT2D eigenvalue weighted by Gasteiger charge is 2.39. The molecule has 1 saturated heterocycles. The van der Waals surface area contributed by atoms with E-state index in [1.165, 1.54) is 12.1 Å². The molecule has 0 unspecified atom stereocenters. The van der Waals surface area contributed by atoms with Crippen LogP contribution in [-0.2, 0) is 11.3 Å². The molecule has 0 aliphatic carbocycles. The first-order chi connectivity index (χ1) is 14.7. The quantitative estimate of drug-likeness (QED) is 0.470. The lowest BCUT2D eigenvalue weighted by molar-refractivity contribution is -0.384. The van der Waals surface area contributed by atoms with Crippen molar-refractivity contribution in [2.45, 2.75) is 18.8 Å². The molecule has 0 amide bonds. The van der Waals surface area contributed by atoms with Crippen LogP contribution in [0.3, 0.4) is 0 Å². The smallest absolute Gasteiger partial charge is 0.269 e. The van der Waals surface area contributed by atoms with Gasteiger partial charge in [0, 0.05) is 25.2 Å². The molecule has 11 heteroatoms. The van der Waals surface area contributed by atoms with Crippen LogP contribution in [0, 0.1) is 10.1 Å². The Hall–Kier alpha value is -3.44. The molecule has 3 heterocycles. The van der Waals surface area contributed by atoms with Crippen molar-refractivity contribution in [2.75, 3.05) is 31.3 Å². The van der Waals surface area contributed by atoms with Crippen molar-refractivity contribution in [3.63, 3.8) is 0 Å². The Morgan fingerprint density at radius 3 is 2.63 bits per heavy atom. The number of ether oxygens (including phenoxy) is 1. The van der Waals surface area contributed by atoms with Crippen LogP contribution in [0.1, 0.15) is 0 Å². The van der Waals surface area contributed by atoms with Gasteiger partial charge in [-0.2, -0.15) is 5.11 Å². The Kier molecular flexibility index (Phi) is 4.81. The second-order valence-electron chi connectivity index (χ2n) is 7.21. The van der Waals surface area contributed by atoms with Gasteiger partial charge in [-0.05, 0) is 24.3 Å². The van der Waals surface area contributed by atoms with Gasteiger partial charge >= 0.3 is 0 Å². The monoisotopic (exact) mass is 408 g/mol. The highest BCUT2D eigenvalue weighted by atomic mass is 16.6.